The van der Waals surface area contributed by atoms with Crippen LogP contribution in [0.15, 0.2) is 0 Å². The molecule has 0 aromatic rings. The van der Waals surface area contributed by atoms with E-state index in [2.05, 4.69) is 18.7 Å². The van der Waals surface area contributed by atoms with Crippen molar-refractivity contribution in [1.29, 1.82) is 0 Å². The molecule has 13 heavy (non-hydrogen) atoms. The predicted octanol–water partition coefficient (Wildman–Crippen LogP) is 1.46. The zero-order valence-electron chi connectivity index (χ0n) is 8.92. The number of hydrogen-bond acceptors (Lipinski definition) is 2. The summed E-state index contributed by atoms with van der Waals surface area (Å²) in [6.45, 7) is 8.39. The summed E-state index contributed by atoms with van der Waals surface area (Å²) in [5, 5.41) is 0. The highest BCUT2D eigenvalue weighted by atomic mass is 15.2. The Bertz CT molecular complexity index is 177. The third-order valence-corrected chi connectivity index (χ3v) is 3.38. The lowest BCUT2D eigenvalue weighted by molar-refractivity contribution is 0.131. The molecule has 1 saturated carbocycles. The van der Waals surface area contributed by atoms with Gasteiger partial charge in [0.15, 0.2) is 0 Å². The Kier molecular flexibility index (Phi) is 2.37. The highest BCUT2D eigenvalue weighted by Crippen LogP contribution is 2.34. The molecule has 0 spiro atoms. The number of nitrogens with zero attached hydrogens (tertiary/aromatic N) is 1. The van der Waals surface area contributed by atoms with Crippen LogP contribution in [0.2, 0.25) is 0 Å². The highest BCUT2D eigenvalue weighted by Gasteiger charge is 2.40. The Labute approximate surface area is 81.5 Å². The minimum atomic E-state index is 0.205. The van der Waals surface area contributed by atoms with Gasteiger partial charge in [-0.05, 0) is 31.1 Å². The van der Waals surface area contributed by atoms with E-state index in [1.54, 1.807) is 0 Å². The maximum atomic E-state index is 6.13. The van der Waals surface area contributed by atoms with E-state index in [-0.39, 0.29) is 5.54 Å². The second kappa shape index (κ2) is 3.25. The Balaban J connectivity index is 1.84. The largest absolute Gasteiger partial charge is 0.324 e. The summed E-state index contributed by atoms with van der Waals surface area (Å²) in [6.07, 6.45) is 3.88. The first kappa shape index (κ1) is 9.47. The Morgan fingerprint density at radius 2 is 1.77 bits per heavy atom. The SMILES string of the molecule is CC1CC(C)CN(CC2(N)CC2)C1. The van der Waals surface area contributed by atoms with E-state index in [0.717, 1.165) is 18.4 Å². The molecule has 0 aromatic heterocycles. The van der Waals surface area contributed by atoms with Crippen LogP contribution in [0.25, 0.3) is 0 Å². The summed E-state index contributed by atoms with van der Waals surface area (Å²) >= 11 is 0. The first-order valence-electron chi connectivity index (χ1n) is 5.59. The number of hydrogen-bond donors (Lipinski definition) is 1. The van der Waals surface area contributed by atoms with E-state index in [1.807, 2.05) is 0 Å². The van der Waals surface area contributed by atoms with Gasteiger partial charge in [-0.15, -0.1) is 0 Å². The fourth-order valence-corrected chi connectivity index (χ4v) is 2.69. The monoisotopic (exact) mass is 182 g/mol. The van der Waals surface area contributed by atoms with Crippen LogP contribution in [0.5, 0.6) is 0 Å². The molecule has 2 rings (SSSR count). The van der Waals surface area contributed by atoms with Crippen molar-refractivity contribution in [2.24, 2.45) is 17.6 Å². The predicted molar refractivity (Wildman–Crippen MR) is 55.5 cm³/mol. The molecule has 2 fully saturated rings. The van der Waals surface area contributed by atoms with Gasteiger partial charge in [0.05, 0.1) is 0 Å². The van der Waals surface area contributed by atoms with Crippen LogP contribution in [0.4, 0.5) is 0 Å². The molecule has 0 aromatic carbocycles. The van der Waals surface area contributed by atoms with Crippen molar-refractivity contribution in [3.63, 3.8) is 0 Å². The van der Waals surface area contributed by atoms with Crippen molar-refractivity contribution in [2.45, 2.75) is 38.6 Å². The molecule has 2 atom stereocenters. The van der Waals surface area contributed by atoms with Crippen LogP contribution in [0.1, 0.15) is 33.1 Å². The van der Waals surface area contributed by atoms with E-state index in [9.17, 15) is 0 Å². The van der Waals surface area contributed by atoms with Gasteiger partial charge < -0.3 is 10.6 Å². The van der Waals surface area contributed by atoms with Gasteiger partial charge in [-0.3, -0.25) is 0 Å². The lowest BCUT2D eigenvalue weighted by atomic mass is 9.91. The van der Waals surface area contributed by atoms with Crippen molar-refractivity contribution in [3.8, 4) is 0 Å². The molecule has 0 radical (unpaired) electrons. The minimum absolute atomic E-state index is 0.205. The first-order chi connectivity index (χ1) is 6.07. The first-order valence-corrected chi connectivity index (χ1v) is 5.59. The zero-order chi connectivity index (χ0) is 9.47. The second-order valence-corrected chi connectivity index (χ2v) is 5.50. The van der Waals surface area contributed by atoms with Gasteiger partial charge in [0.1, 0.15) is 0 Å². The molecule has 1 aliphatic heterocycles. The summed E-state index contributed by atoms with van der Waals surface area (Å²) in [6, 6.07) is 0. The normalized spacial score (nSPS) is 39.0. The summed E-state index contributed by atoms with van der Waals surface area (Å²) in [5.41, 5.74) is 6.33. The zero-order valence-corrected chi connectivity index (χ0v) is 8.92. The standard InChI is InChI=1S/C11H22N2/c1-9-5-10(2)7-13(6-9)8-11(12)3-4-11/h9-10H,3-8,12H2,1-2H3. The fourth-order valence-electron chi connectivity index (χ4n) is 2.69. The maximum absolute atomic E-state index is 6.13. The lowest BCUT2D eigenvalue weighted by Crippen LogP contribution is -2.46. The van der Waals surface area contributed by atoms with Crippen molar-refractivity contribution < 1.29 is 0 Å². The highest BCUT2D eigenvalue weighted by molar-refractivity contribution is 5.01. The molecule has 0 bridgehead atoms. The quantitative estimate of drug-likeness (QED) is 0.700. The molecular formula is C11H22N2. The number of rotatable bonds is 2. The Morgan fingerprint density at radius 1 is 1.23 bits per heavy atom. The Morgan fingerprint density at radius 3 is 2.23 bits per heavy atom. The van der Waals surface area contributed by atoms with Crippen LogP contribution < -0.4 is 5.73 Å². The van der Waals surface area contributed by atoms with Crippen molar-refractivity contribution in [2.75, 3.05) is 19.6 Å². The molecule has 76 valence electrons. The molecule has 1 saturated heterocycles. The molecule has 2 aliphatic rings. The van der Waals surface area contributed by atoms with Gasteiger partial charge in [-0.1, -0.05) is 13.8 Å². The molecule has 2 unspecified atom stereocenters. The van der Waals surface area contributed by atoms with Crippen LogP contribution in [0.3, 0.4) is 0 Å². The van der Waals surface area contributed by atoms with Gasteiger partial charge in [-0.2, -0.15) is 0 Å². The van der Waals surface area contributed by atoms with Crippen LogP contribution in [0, 0.1) is 11.8 Å². The van der Waals surface area contributed by atoms with E-state index >= 15 is 0 Å². The smallest absolute Gasteiger partial charge is 0.0284 e. The van der Waals surface area contributed by atoms with Gasteiger partial charge in [0.2, 0.25) is 0 Å². The minimum Gasteiger partial charge on any atom is -0.324 e. The van der Waals surface area contributed by atoms with Gasteiger partial charge in [0.25, 0.3) is 0 Å². The summed E-state index contributed by atoms with van der Waals surface area (Å²) in [7, 11) is 0. The summed E-state index contributed by atoms with van der Waals surface area (Å²) in [4.78, 5) is 2.58. The maximum Gasteiger partial charge on any atom is 0.0284 e. The average Bonchev–Trinajstić information content (AvgIpc) is 2.64. The number of piperidine rings is 1. The van der Waals surface area contributed by atoms with E-state index < -0.39 is 0 Å². The molecule has 1 heterocycles. The van der Waals surface area contributed by atoms with E-state index in [1.165, 1.54) is 32.4 Å². The summed E-state index contributed by atoms with van der Waals surface area (Å²) in [5.74, 6) is 1.73. The van der Waals surface area contributed by atoms with Crippen LogP contribution >= 0.6 is 0 Å². The van der Waals surface area contributed by atoms with Gasteiger partial charge >= 0.3 is 0 Å². The number of nitrogens with two attached hydrogens (primary N) is 1. The van der Waals surface area contributed by atoms with Gasteiger partial charge in [0, 0.05) is 25.2 Å². The van der Waals surface area contributed by atoms with E-state index in [4.69, 9.17) is 5.73 Å². The van der Waals surface area contributed by atoms with Crippen LogP contribution in [-0.2, 0) is 0 Å². The molecule has 0 amide bonds. The molecular weight excluding hydrogens is 160 g/mol. The fraction of sp³-hybridized carbons (Fsp3) is 1.00. The van der Waals surface area contributed by atoms with Crippen molar-refractivity contribution >= 4 is 0 Å². The molecule has 1 aliphatic carbocycles. The Hall–Kier alpha value is -0.0800. The third-order valence-electron chi connectivity index (χ3n) is 3.38. The topological polar surface area (TPSA) is 29.3 Å². The second-order valence-electron chi connectivity index (χ2n) is 5.50. The van der Waals surface area contributed by atoms with Crippen LogP contribution in [-0.4, -0.2) is 30.1 Å². The molecule has 2 nitrogen and oxygen atoms in total. The average molecular weight is 182 g/mol. The van der Waals surface area contributed by atoms with Crippen molar-refractivity contribution in [1.82, 2.24) is 4.90 Å². The molecule has 2 N–H and O–H groups in total. The lowest BCUT2D eigenvalue weighted by Gasteiger charge is -2.36. The van der Waals surface area contributed by atoms with Gasteiger partial charge in [-0.25, -0.2) is 0 Å². The number of likely N-dealkylation sites (tertiary alicyclic amines) is 1. The van der Waals surface area contributed by atoms with Crippen molar-refractivity contribution in [3.05, 3.63) is 0 Å². The molecule has 2 heteroatoms. The third kappa shape index (κ3) is 2.44. The summed E-state index contributed by atoms with van der Waals surface area (Å²) < 4.78 is 0. The van der Waals surface area contributed by atoms with E-state index in [0.29, 0.717) is 0 Å².